The fraction of sp³-hybridized carbons (Fsp3) is 0.364. The SMILES string of the molecule is COCCNC(=O)c1cc(S(=O)(=O)Cl)cc(Cl)c1C. The van der Waals surface area contributed by atoms with E-state index in [0.717, 1.165) is 0 Å². The third-order valence-corrected chi connectivity index (χ3v) is 4.16. The molecule has 1 aromatic carbocycles. The summed E-state index contributed by atoms with van der Waals surface area (Å²) < 4.78 is 27.4. The van der Waals surface area contributed by atoms with E-state index in [1.54, 1.807) is 6.92 Å². The summed E-state index contributed by atoms with van der Waals surface area (Å²) in [6, 6.07) is 2.41. The summed E-state index contributed by atoms with van der Waals surface area (Å²) in [5, 5.41) is 2.75. The lowest BCUT2D eigenvalue weighted by atomic mass is 10.1. The molecule has 1 N–H and O–H groups in total. The van der Waals surface area contributed by atoms with Crippen LogP contribution >= 0.6 is 22.3 Å². The minimum absolute atomic E-state index is 0.165. The predicted molar refractivity (Wildman–Crippen MR) is 73.4 cm³/mol. The first kappa shape index (κ1) is 16.2. The standard InChI is InChI=1S/C11H13Cl2NO4S/c1-7-9(11(15)14-3-4-18-2)5-8(6-10(7)12)19(13,16)17/h5-6H,3-4H2,1-2H3,(H,14,15). The molecule has 106 valence electrons. The molecule has 0 fully saturated rings. The zero-order valence-corrected chi connectivity index (χ0v) is 12.7. The summed E-state index contributed by atoms with van der Waals surface area (Å²) in [6.07, 6.45) is 0. The maximum absolute atomic E-state index is 11.9. The smallest absolute Gasteiger partial charge is 0.261 e. The molecule has 0 aliphatic carbocycles. The number of ether oxygens (including phenoxy) is 1. The minimum Gasteiger partial charge on any atom is -0.383 e. The highest BCUT2D eigenvalue weighted by Gasteiger charge is 2.18. The van der Waals surface area contributed by atoms with Gasteiger partial charge in [-0.3, -0.25) is 4.79 Å². The summed E-state index contributed by atoms with van der Waals surface area (Å²) in [6.45, 7) is 2.29. The highest BCUT2D eigenvalue weighted by molar-refractivity contribution is 8.13. The Kier molecular flexibility index (Phi) is 5.61. The van der Waals surface area contributed by atoms with Gasteiger partial charge in [0.2, 0.25) is 0 Å². The van der Waals surface area contributed by atoms with Gasteiger partial charge in [-0.2, -0.15) is 0 Å². The fourth-order valence-corrected chi connectivity index (χ4v) is 2.46. The quantitative estimate of drug-likeness (QED) is 0.663. The Labute approximate surface area is 121 Å². The van der Waals surface area contributed by atoms with Crippen molar-refractivity contribution in [2.24, 2.45) is 0 Å². The van der Waals surface area contributed by atoms with Crippen molar-refractivity contribution < 1.29 is 17.9 Å². The van der Waals surface area contributed by atoms with Gasteiger partial charge < -0.3 is 10.1 Å². The normalized spacial score (nSPS) is 11.4. The summed E-state index contributed by atoms with van der Waals surface area (Å²) in [5.74, 6) is -0.432. The van der Waals surface area contributed by atoms with Gasteiger partial charge in [-0.1, -0.05) is 11.6 Å². The number of benzene rings is 1. The minimum atomic E-state index is -3.94. The third-order valence-electron chi connectivity index (χ3n) is 2.44. The van der Waals surface area contributed by atoms with Crippen molar-refractivity contribution in [3.8, 4) is 0 Å². The Morgan fingerprint density at radius 1 is 1.42 bits per heavy atom. The van der Waals surface area contributed by atoms with Crippen molar-refractivity contribution in [1.82, 2.24) is 5.32 Å². The summed E-state index contributed by atoms with van der Waals surface area (Å²) in [4.78, 5) is 11.7. The molecule has 0 unspecified atom stereocenters. The number of rotatable bonds is 5. The molecule has 5 nitrogen and oxygen atoms in total. The van der Waals surface area contributed by atoms with Gasteiger partial charge in [-0.15, -0.1) is 0 Å². The Morgan fingerprint density at radius 3 is 2.58 bits per heavy atom. The van der Waals surface area contributed by atoms with Crippen LogP contribution in [0.2, 0.25) is 5.02 Å². The van der Waals surface area contributed by atoms with Crippen molar-refractivity contribution >= 4 is 37.2 Å². The van der Waals surface area contributed by atoms with Crippen LogP contribution in [0.3, 0.4) is 0 Å². The van der Waals surface area contributed by atoms with Crippen LogP contribution in [-0.4, -0.2) is 34.6 Å². The number of nitrogens with one attached hydrogen (secondary N) is 1. The van der Waals surface area contributed by atoms with Gasteiger partial charge in [0, 0.05) is 34.9 Å². The van der Waals surface area contributed by atoms with Gasteiger partial charge in [-0.05, 0) is 24.6 Å². The van der Waals surface area contributed by atoms with E-state index in [1.165, 1.54) is 19.2 Å². The van der Waals surface area contributed by atoms with Crippen molar-refractivity contribution in [1.29, 1.82) is 0 Å². The zero-order valence-electron chi connectivity index (χ0n) is 10.4. The second-order valence-corrected chi connectivity index (χ2v) is 6.74. The van der Waals surface area contributed by atoms with Gasteiger partial charge in [0.1, 0.15) is 0 Å². The van der Waals surface area contributed by atoms with Gasteiger partial charge in [0.15, 0.2) is 0 Å². The number of methoxy groups -OCH3 is 1. The third kappa shape index (κ3) is 4.35. The van der Waals surface area contributed by atoms with E-state index < -0.39 is 15.0 Å². The van der Waals surface area contributed by atoms with Crippen LogP contribution in [0.1, 0.15) is 15.9 Å². The van der Waals surface area contributed by atoms with Crippen molar-refractivity contribution in [3.05, 3.63) is 28.3 Å². The molecular formula is C11H13Cl2NO4S. The van der Waals surface area contributed by atoms with Crippen LogP contribution in [0, 0.1) is 6.92 Å². The van der Waals surface area contributed by atoms with E-state index in [1.807, 2.05) is 0 Å². The molecule has 0 spiro atoms. The molecule has 8 heteroatoms. The molecule has 0 heterocycles. The summed E-state index contributed by atoms with van der Waals surface area (Å²) in [5.41, 5.74) is 0.656. The molecule has 0 aromatic heterocycles. The van der Waals surface area contributed by atoms with Gasteiger partial charge >= 0.3 is 0 Å². The lowest BCUT2D eigenvalue weighted by Gasteiger charge is -2.10. The number of hydrogen-bond donors (Lipinski definition) is 1. The van der Waals surface area contributed by atoms with E-state index in [-0.39, 0.29) is 15.5 Å². The van der Waals surface area contributed by atoms with Gasteiger partial charge in [0.05, 0.1) is 11.5 Å². The summed E-state index contributed by atoms with van der Waals surface area (Å²) in [7, 11) is 2.82. The van der Waals surface area contributed by atoms with Crippen LogP contribution in [0.15, 0.2) is 17.0 Å². The molecule has 0 atom stereocenters. The molecule has 0 saturated carbocycles. The molecule has 0 aliphatic heterocycles. The first-order chi connectivity index (χ1) is 8.77. The first-order valence-corrected chi connectivity index (χ1v) is 7.98. The number of halogens is 2. The fourth-order valence-electron chi connectivity index (χ4n) is 1.39. The Bertz CT molecular complexity index is 587. The second kappa shape index (κ2) is 6.56. The van der Waals surface area contributed by atoms with E-state index >= 15 is 0 Å². The summed E-state index contributed by atoms with van der Waals surface area (Å²) >= 11 is 5.90. The predicted octanol–water partition coefficient (Wildman–Crippen LogP) is 1.95. The van der Waals surface area contributed by atoms with Gasteiger partial charge in [0.25, 0.3) is 15.0 Å². The van der Waals surface area contributed by atoms with Crippen LogP contribution in [-0.2, 0) is 13.8 Å². The lowest BCUT2D eigenvalue weighted by Crippen LogP contribution is -2.27. The molecule has 1 aromatic rings. The average Bonchev–Trinajstić information content (AvgIpc) is 2.31. The second-order valence-electron chi connectivity index (χ2n) is 3.76. The van der Waals surface area contributed by atoms with Crippen molar-refractivity contribution in [2.45, 2.75) is 11.8 Å². The van der Waals surface area contributed by atoms with Crippen LogP contribution in [0.25, 0.3) is 0 Å². The molecule has 1 rings (SSSR count). The van der Waals surface area contributed by atoms with E-state index in [0.29, 0.717) is 18.7 Å². The largest absolute Gasteiger partial charge is 0.383 e. The Hall–Kier alpha value is -0.820. The Morgan fingerprint density at radius 2 is 2.05 bits per heavy atom. The molecule has 19 heavy (non-hydrogen) atoms. The maximum Gasteiger partial charge on any atom is 0.261 e. The molecule has 0 saturated heterocycles. The number of hydrogen-bond acceptors (Lipinski definition) is 4. The lowest BCUT2D eigenvalue weighted by molar-refractivity contribution is 0.0936. The number of amides is 1. The van der Waals surface area contributed by atoms with Crippen LogP contribution in [0.5, 0.6) is 0 Å². The number of carbonyl (C=O) groups is 1. The molecule has 0 bridgehead atoms. The monoisotopic (exact) mass is 325 g/mol. The topological polar surface area (TPSA) is 72.5 Å². The van der Waals surface area contributed by atoms with E-state index in [2.05, 4.69) is 5.32 Å². The molecule has 0 radical (unpaired) electrons. The van der Waals surface area contributed by atoms with E-state index in [4.69, 9.17) is 27.0 Å². The van der Waals surface area contributed by atoms with Crippen LogP contribution < -0.4 is 5.32 Å². The maximum atomic E-state index is 11.9. The zero-order chi connectivity index (χ0) is 14.6. The van der Waals surface area contributed by atoms with E-state index in [9.17, 15) is 13.2 Å². The average molecular weight is 326 g/mol. The van der Waals surface area contributed by atoms with Gasteiger partial charge in [-0.25, -0.2) is 8.42 Å². The molecule has 1 amide bonds. The Balaban J connectivity index is 3.13. The van der Waals surface area contributed by atoms with Crippen molar-refractivity contribution in [3.63, 3.8) is 0 Å². The highest BCUT2D eigenvalue weighted by atomic mass is 35.7. The van der Waals surface area contributed by atoms with Crippen LogP contribution in [0.4, 0.5) is 0 Å². The molecule has 0 aliphatic rings. The number of carbonyl (C=O) groups excluding carboxylic acids is 1. The first-order valence-electron chi connectivity index (χ1n) is 5.29. The highest BCUT2D eigenvalue weighted by Crippen LogP contribution is 2.26. The van der Waals surface area contributed by atoms with Crippen molar-refractivity contribution in [2.75, 3.05) is 20.3 Å². The molecular weight excluding hydrogens is 313 g/mol.